The van der Waals surface area contributed by atoms with Crippen molar-refractivity contribution in [2.45, 2.75) is 24.4 Å². The summed E-state index contributed by atoms with van der Waals surface area (Å²) >= 11 is 7.69. The van der Waals surface area contributed by atoms with Crippen LogP contribution in [-0.2, 0) is 5.54 Å². The van der Waals surface area contributed by atoms with Gasteiger partial charge in [0, 0.05) is 18.4 Å². The van der Waals surface area contributed by atoms with Crippen molar-refractivity contribution in [3.63, 3.8) is 0 Å². The Balaban J connectivity index is 1.50. The summed E-state index contributed by atoms with van der Waals surface area (Å²) in [5.41, 5.74) is 7.16. The molecule has 2 heterocycles. The van der Waals surface area contributed by atoms with Gasteiger partial charge in [-0.15, -0.1) is 11.3 Å². The van der Waals surface area contributed by atoms with Crippen LogP contribution in [0.15, 0.2) is 36.7 Å². The largest absolute Gasteiger partial charge is 0.365 e. The van der Waals surface area contributed by atoms with Gasteiger partial charge in [0.15, 0.2) is 11.0 Å². The van der Waals surface area contributed by atoms with Crippen LogP contribution < -0.4 is 11.1 Å². The molecule has 0 saturated heterocycles. The van der Waals surface area contributed by atoms with Crippen LogP contribution in [0.3, 0.4) is 0 Å². The number of nitrogens with zero attached hydrogens (tertiary/aromatic N) is 3. The highest BCUT2D eigenvalue weighted by molar-refractivity contribution is 7.18. The van der Waals surface area contributed by atoms with E-state index in [0.717, 1.165) is 23.4 Å². The van der Waals surface area contributed by atoms with Gasteiger partial charge >= 0.3 is 0 Å². The number of benzene rings is 1. The highest BCUT2D eigenvalue weighted by Crippen LogP contribution is 2.43. The molecule has 1 aliphatic carbocycles. The number of para-hydroxylation sites is 1. The first kappa shape index (κ1) is 13.9. The molecule has 22 heavy (non-hydrogen) atoms. The second-order valence-corrected chi connectivity index (χ2v) is 6.98. The minimum Gasteiger partial charge on any atom is -0.365 e. The molecule has 1 saturated carbocycles. The van der Waals surface area contributed by atoms with E-state index in [9.17, 15) is 0 Å². The third-order valence-electron chi connectivity index (χ3n) is 3.94. The summed E-state index contributed by atoms with van der Waals surface area (Å²) in [7, 11) is 0. The number of hydrogen-bond donors (Lipinski definition) is 2. The Labute approximate surface area is 136 Å². The monoisotopic (exact) mass is 331 g/mol. The molecule has 0 bridgehead atoms. The summed E-state index contributed by atoms with van der Waals surface area (Å²) in [5, 5.41) is 4.68. The first-order valence-electron chi connectivity index (χ1n) is 7.02. The third-order valence-corrected chi connectivity index (χ3v) is 5.47. The summed E-state index contributed by atoms with van der Waals surface area (Å²) in [6.45, 7) is 0. The number of hydrogen-bond acceptors (Lipinski definition) is 6. The van der Waals surface area contributed by atoms with Crippen molar-refractivity contribution in [2.24, 2.45) is 5.73 Å². The van der Waals surface area contributed by atoms with Crippen LogP contribution in [0.1, 0.15) is 17.8 Å². The molecule has 0 radical (unpaired) electrons. The number of thiazole rings is 1. The van der Waals surface area contributed by atoms with Crippen LogP contribution in [-0.4, -0.2) is 21.0 Å². The van der Waals surface area contributed by atoms with Crippen LogP contribution in [0.4, 0.5) is 5.82 Å². The topological polar surface area (TPSA) is 76.7 Å². The fourth-order valence-corrected chi connectivity index (χ4v) is 4.04. The molecule has 3 N–H and O–H groups in total. The Bertz CT molecular complexity index is 794. The fourth-order valence-electron chi connectivity index (χ4n) is 2.79. The van der Waals surface area contributed by atoms with Crippen molar-refractivity contribution in [3.05, 3.63) is 46.8 Å². The first-order valence-corrected chi connectivity index (χ1v) is 8.21. The summed E-state index contributed by atoms with van der Waals surface area (Å²) in [5.74, 6) is 0.612. The Morgan fingerprint density at radius 3 is 2.77 bits per heavy atom. The molecular weight excluding hydrogens is 318 g/mol. The molecule has 1 aliphatic rings. The van der Waals surface area contributed by atoms with E-state index in [-0.39, 0.29) is 11.6 Å². The number of fused-ring (bicyclic) bond motifs is 1. The van der Waals surface area contributed by atoms with Crippen LogP contribution in [0.2, 0.25) is 5.15 Å². The van der Waals surface area contributed by atoms with Crippen molar-refractivity contribution >= 4 is 39.0 Å². The van der Waals surface area contributed by atoms with Crippen molar-refractivity contribution in [3.8, 4) is 0 Å². The van der Waals surface area contributed by atoms with E-state index in [1.807, 2.05) is 18.2 Å². The lowest BCUT2D eigenvalue weighted by atomic mass is 9.74. The normalized spacial score (nSPS) is 24.2. The van der Waals surface area contributed by atoms with Crippen LogP contribution in [0.25, 0.3) is 10.2 Å². The predicted molar refractivity (Wildman–Crippen MR) is 89.2 cm³/mol. The lowest BCUT2D eigenvalue weighted by Crippen LogP contribution is -2.54. The Morgan fingerprint density at radius 2 is 2.00 bits per heavy atom. The third kappa shape index (κ3) is 2.33. The van der Waals surface area contributed by atoms with Gasteiger partial charge in [-0.1, -0.05) is 23.7 Å². The fraction of sp³-hybridized carbons (Fsp3) is 0.267. The highest BCUT2D eigenvalue weighted by atomic mass is 35.5. The maximum Gasteiger partial charge on any atom is 0.171 e. The number of nitrogens with two attached hydrogens (primary N) is 1. The van der Waals surface area contributed by atoms with Gasteiger partial charge < -0.3 is 11.1 Å². The number of nitrogens with one attached hydrogen (secondary N) is 1. The van der Waals surface area contributed by atoms with Gasteiger partial charge in [0.05, 0.1) is 15.8 Å². The second kappa shape index (κ2) is 5.15. The highest BCUT2D eigenvalue weighted by Gasteiger charge is 2.45. The first-order chi connectivity index (χ1) is 10.6. The summed E-state index contributed by atoms with van der Waals surface area (Å²) < 4.78 is 1.18. The van der Waals surface area contributed by atoms with Gasteiger partial charge in [-0.05, 0) is 25.0 Å². The maximum atomic E-state index is 6.51. The minimum atomic E-state index is -0.365. The van der Waals surface area contributed by atoms with E-state index in [4.69, 9.17) is 17.3 Å². The van der Waals surface area contributed by atoms with Crippen molar-refractivity contribution in [2.75, 3.05) is 5.32 Å². The Kier molecular flexibility index (Phi) is 3.25. The van der Waals surface area contributed by atoms with Gasteiger partial charge in [0.25, 0.3) is 0 Å². The number of anilines is 1. The molecular formula is C15H14ClN5S. The average Bonchev–Trinajstić information content (AvgIpc) is 2.92. The second-order valence-electron chi connectivity index (χ2n) is 5.59. The summed E-state index contributed by atoms with van der Waals surface area (Å²) in [6, 6.07) is 8.36. The van der Waals surface area contributed by atoms with Gasteiger partial charge in [0.2, 0.25) is 0 Å². The van der Waals surface area contributed by atoms with E-state index in [1.165, 1.54) is 4.70 Å². The average molecular weight is 332 g/mol. The van der Waals surface area contributed by atoms with E-state index in [0.29, 0.717) is 11.0 Å². The maximum absolute atomic E-state index is 6.51. The molecule has 0 aliphatic heterocycles. The van der Waals surface area contributed by atoms with Gasteiger partial charge in [-0.25, -0.2) is 15.0 Å². The molecule has 3 aromatic rings. The van der Waals surface area contributed by atoms with E-state index in [2.05, 4.69) is 26.3 Å². The zero-order valence-electron chi connectivity index (χ0n) is 11.7. The smallest absolute Gasteiger partial charge is 0.171 e. The predicted octanol–water partition coefficient (Wildman–Crippen LogP) is 3.17. The van der Waals surface area contributed by atoms with Gasteiger partial charge in [0.1, 0.15) is 5.01 Å². The Morgan fingerprint density at radius 1 is 1.23 bits per heavy atom. The lowest BCUT2D eigenvalue weighted by molar-refractivity contribution is 0.225. The van der Waals surface area contributed by atoms with Crippen LogP contribution >= 0.6 is 22.9 Å². The molecule has 7 heteroatoms. The zero-order valence-corrected chi connectivity index (χ0v) is 13.2. The molecule has 0 amide bonds. The van der Waals surface area contributed by atoms with E-state index < -0.39 is 0 Å². The van der Waals surface area contributed by atoms with Crippen LogP contribution in [0, 0.1) is 0 Å². The van der Waals surface area contributed by atoms with Gasteiger partial charge in [-0.2, -0.15) is 0 Å². The standard InChI is InChI=1S/C15H14ClN5S/c16-12-13(19-6-5-18-12)20-9-7-15(17,8-9)14-21-10-3-1-2-4-11(10)22-14/h1-6,9H,7-8,17H2,(H,19,20). The Hall–Kier alpha value is -1.76. The summed E-state index contributed by atoms with van der Waals surface area (Å²) in [4.78, 5) is 12.9. The molecule has 0 spiro atoms. The van der Waals surface area contributed by atoms with Crippen molar-refractivity contribution < 1.29 is 0 Å². The molecule has 2 aromatic heterocycles. The molecule has 112 valence electrons. The quantitative estimate of drug-likeness (QED) is 0.771. The molecule has 1 aromatic carbocycles. The van der Waals surface area contributed by atoms with E-state index >= 15 is 0 Å². The molecule has 5 nitrogen and oxygen atoms in total. The van der Waals surface area contributed by atoms with Crippen molar-refractivity contribution in [1.82, 2.24) is 15.0 Å². The number of rotatable bonds is 3. The SMILES string of the molecule is NC1(c2nc3ccccc3s2)CC(Nc2nccnc2Cl)C1. The molecule has 0 unspecified atom stereocenters. The number of aromatic nitrogens is 3. The van der Waals surface area contributed by atoms with Gasteiger partial charge in [-0.3, -0.25) is 0 Å². The zero-order chi connectivity index (χ0) is 15.2. The molecule has 0 atom stereocenters. The van der Waals surface area contributed by atoms with Crippen molar-refractivity contribution in [1.29, 1.82) is 0 Å². The molecule has 4 rings (SSSR count). The number of halogens is 1. The lowest BCUT2D eigenvalue weighted by Gasteiger charge is -2.43. The summed E-state index contributed by atoms with van der Waals surface area (Å²) in [6.07, 6.45) is 4.80. The van der Waals surface area contributed by atoms with E-state index in [1.54, 1.807) is 23.7 Å². The van der Waals surface area contributed by atoms with Crippen LogP contribution in [0.5, 0.6) is 0 Å². The molecule has 1 fully saturated rings. The minimum absolute atomic E-state index is 0.242.